The van der Waals surface area contributed by atoms with Gasteiger partial charge in [-0.2, -0.15) is 0 Å². The molecule has 0 aromatic carbocycles. The Morgan fingerprint density at radius 1 is 1.50 bits per heavy atom. The monoisotopic (exact) mass is 170 g/mol. The molecule has 1 aliphatic rings. The lowest BCUT2D eigenvalue weighted by Gasteiger charge is -2.41. The first kappa shape index (κ1) is 9.52. The summed E-state index contributed by atoms with van der Waals surface area (Å²) in [6.45, 7) is 8.26. The van der Waals surface area contributed by atoms with E-state index in [1.165, 1.54) is 0 Å². The number of carbonyl (C=O) groups excluding carboxylic acids is 1. The summed E-state index contributed by atoms with van der Waals surface area (Å²) >= 11 is 0. The Balaban J connectivity index is 2.39. The fraction of sp³-hybridized carbons (Fsp3) is 0.889. The number of hydrogen-bond acceptors (Lipinski definition) is 2. The first-order valence-corrected chi connectivity index (χ1v) is 4.44. The number of hydrogen-bond donors (Lipinski definition) is 1. The number of carbonyl (C=O) groups is 1. The van der Waals surface area contributed by atoms with Crippen molar-refractivity contribution in [3.05, 3.63) is 0 Å². The minimum atomic E-state index is -0.237. The molecule has 0 aliphatic carbocycles. The van der Waals surface area contributed by atoms with Crippen molar-refractivity contribution in [2.45, 2.75) is 20.8 Å². The zero-order valence-corrected chi connectivity index (χ0v) is 8.13. The van der Waals surface area contributed by atoms with Crippen LogP contribution in [0.5, 0.6) is 0 Å². The van der Waals surface area contributed by atoms with Crippen LogP contribution in [0.4, 0.5) is 0 Å². The van der Waals surface area contributed by atoms with Crippen LogP contribution in [0, 0.1) is 11.3 Å². The minimum absolute atomic E-state index is 0.237. The molecule has 1 heterocycles. The molecule has 1 fully saturated rings. The predicted molar refractivity (Wildman–Crippen MR) is 48.6 cm³/mol. The lowest BCUT2D eigenvalue weighted by Crippen LogP contribution is -2.55. The van der Waals surface area contributed by atoms with Gasteiger partial charge in [0.15, 0.2) is 0 Å². The van der Waals surface area contributed by atoms with Crippen molar-refractivity contribution in [1.29, 1.82) is 0 Å². The molecule has 2 N–H and O–H groups in total. The maximum atomic E-state index is 11.6. The molecule has 0 atom stereocenters. The third-order valence-corrected chi connectivity index (χ3v) is 2.22. The van der Waals surface area contributed by atoms with Crippen molar-refractivity contribution in [3.63, 3.8) is 0 Å². The van der Waals surface area contributed by atoms with Gasteiger partial charge < -0.3 is 10.6 Å². The molecular weight excluding hydrogens is 152 g/mol. The predicted octanol–water partition coefficient (Wildman–Crippen LogP) is 0.450. The van der Waals surface area contributed by atoms with Gasteiger partial charge in [-0.25, -0.2) is 0 Å². The van der Waals surface area contributed by atoms with E-state index in [4.69, 9.17) is 5.73 Å². The van der Waals surface area contributed by atoms with Crippen LogP contribution in [0.15, 0.2) is 0 Å². The Morgan fingerprint density at radius 3 is 2.33 bits per heavy atom. The standard InChI is InChI=1S/C9H18N2O/c1-9(2,3)8(12)11-5-7(4-10)6-11/h7H,4-6,10H2,1-3H3. The van der Waals surface area contributed by atoms with Gasteiger partial charge in [0, 0.05) is 24.4 Å². The summed E-state index contributed by atoms with van der Waals surface area (Å²) in [7, 11) is 0. The van der Waals surface area contributed by atoms with Crippen molar-refractivity contribution < 1.29 is 4.79 Å². The van der Waals surface area contributed by atoms with Crippen molar-refractivity contribution >= 4 is 5.91 Å². The second-order valence-electron chi connectivity index (χ2n) is 4.56. The summed E-state index contributed by atoms with van der Waals surface area (Å²) in [6.07, 6.45) is 0. The Bertz CT molecular complexity index is 177. The molecule has 0 bridgehead atoms. The molecule has 0 unspecified atom stereocenters. The molecule has 1 aliphatic heterocycles. The van der Waals surface area contributed by atoms with Crippen LogP contribution in [-0.2, 0) is 4.79 Å². The van der Waals surface area contributed by atoms with Crippen LogP contribution in [0.2, 0.25) is 0 Å². The zero-order valence-electron chi connectivity index (χ0n) is 8.13. The van der Waals surface area contributed by atoms with E-state index >= 15 is 0 Å². The maximum Gasteiger partial charge on any atom is 0.227 e. The highest BCUT2D eigenvalue weighted by Crippen LogP contribution is 2.23. The SMILES string of the molecule is CC(C)(C)C(=O)N1CC(CN)C1. The van der Waals surface area contributed by atoms with Gasteiger partial charge in [0.05, 0.1) is 0 Å². The second-order valence-corrected chi connectivity index (χ2v) is 4.56. The lowest BCUT2D eigenvalue weighted by molar-refractivity contribution is -0.145. The number of rotatable bonds is 1. The molecule has 1 rings (SSSR count). The van der Waals surface area contributed by atoms with Crippen LogP contribution in [0.1, 0.15) is 20.8 Å². The molecule has 3 nitrogen and oxygen atoms in total. The molecule has 0 spiro atoms. The third kappa shape index (κ3) is 1.78. The lowest BCUT2D eigenvalue weighted by atomic mass is 9.90. The van der Waals surface area contributed by atoms with Gasteiger partial charge >= 0.3 is 0 Å². The smallest absolute Gasteiger partial charge is 0.227 e. The highest BCUT2D eigenvalue weighted by Gasteiger charge is 2.35. The van der Waals surface area contributed by atoms with Crippen LogP contribution in [-0.4, -0.2) is 30.4 Å². The van der Waals surface area contributed by atoms with Gasteiger partial charge in [0.2, 0.25) is 5.91 Å². The third-order valence-electron chi connectivity index (χ3n) is 2.22. The van der Waals surface area contributed by atoms with Crippen molar-refractivity contribution in [3.8, 4) is 0 Å². The number of amides is 1. The van der Waals surface area contributed by atoms with Crippen molar-refractivity contribution in [2.75, 3.05) is 19.6 Å². The van der Waals surface area contributed by atoms with Gasteiger partial charge in [-0.3, -0.25) is 4.79 Å². The van der Waals surface area contributed by atoms with Gasteiger partial charge in [-0.05, 0) is 6.54 Å². The Morgan fingerprint density at radius 2 is 2.00 bits per heavy atom. The van der Waals surface area contributed by atoms with Gasteiger partial charge in [-0.1, -0.05) is 20.8 Å². The molecule has 1 saturated heterocycles. The van der Waals surface area contributed by atoms with E-state index in [1.54, 1.807) is 0 Å². The molecule has 0 radical (unpaired) electrons. The number of likely N-dealkylation sites (tertiary alicyclic amines) is 1. The summed E-state index contributed by atoms with van der Waals surface area (Å²) in [5.74, 6) is 0.781. The Hall–Kier alpha value is -0.570. The van der Waals surface area contributed by atoms with E-state index in [0.717, 1.165) is 13.1 Å². The van der Waals surface area contributed by atoms with E-state index in [0.29, 0.717) is 12.5 Å². The molecule has 1 amide bonds. The summed E-state index contributed by atoms with van der Waals surface area (Å²) in [6, 6.07) is 0. The molecule has 3 heteroatoms. The quantitative estimate of drug-likeness (QED) is 0.621. The van der Waals surface area contributed by atoms with Gasteiger partial charge in [0.1, 0.15) is 0 Å². The molecule has 12 heavy (non-hydrogen) atoms. The van der Waals surface area contributed by atoms with E-state index < -0.39 is 0 Å². The highest BCUT2D eigenvalue weighted by molar-refractivity contribution is 5.82. The average molecular weight is 170 g/mol. The highest BCUT2D eigenvalue weighted by atomic mass is 16.2. The van der Waals surface area contributed by atoms with E-state index in [9.17, 15) is 4.79 Å². The molecule has 0 saturated carbocycles. The van der Waals surface area contributed by atoms with Gasteiger partial charge in [-0.15, -0.1) is 0 Å². The van der Waals surface area contributed by atoms with Crippen molar-refractivity contribution in [2.24, 2.45) is 17.1 Å². The first-order chi connectivity index (χ1) is 5.45. The van der Waals surface area contributed by atoms with Crippen LogP contribution in [0.3, 0.4) is 0 Å². The molecular formula is C9H18N2O. The van der Waals surface area contributed by atoms with E-state index in [2.05, 4.69) is 0 Å². The van der Waals surface area contributed by atoms with E-state index in [-0.39, 0.29) is 11.3 Å². The number of nitrogens with zero attached hydrogens (tertiary/aromatic N) is 1. The minimum Gasteiger partial charge on any atom is -0.341 e. The Labute approximate surface area is 73.9 Å². The fourth-order valence-electron chi connectivity index (χ4n) is 1.36. The van der Waals surface area contributed by atoms with Crippen molar-refractivity contribution in [1.82, 2.24) is 4.90 Å². The topological polar surface area (TPSA) is 46.3 Å². The first-order valence-electron chi connectivity index (χ1n) is 4.44. The second kappa shape index (κ2) is 3.05. The zero-order chi connectivity index (χ0) is 9.35. The summed E-state index contributed by atoms with van der Waals surface area (Å²) < 4.78 is 0. The summed E-state index contributed by atoms with van der Waals surface area (Å²) in [4.78, 5) is 13.5. The molecule has 70 valence electrons. The number of nitrogens with two attached hydrogens (primary N) is 1. The Kier molecular flexibility index (Phi) is 2.42. The average Bonchev–Trinajstić information content (AvgIpc) is 1.83. The summed E-state index contributed by atoms with van der Waals surface area (Å²) in [5, 5.41) is 0. The normalized spacial score (nSPS) is 19.2. The van der Waals surface area contributed by atoms with Crippen LogP contribution < -0.4 is 5.73 Å². The maximum absolute atomic E-state index is 11.6. The van der Waals surface area contributed by atoms with Gasteiger partial charge in [0.25, 0.3) is 0 Å². The summed E-state index contributed by atoms with van der Waals surface area (Å²) in [5.41, 5.74) is 5.23. The van der Waals surface area contributed by atoms with Crippen LogP contribution in [0.25, 0.3) is 0 Å². The van der Waals surface area contributed by atoms with Crippen LogP contribution >= 0.6 is 0 Å². The largest absolute Gasteiger partial charge is 0.341 e. The molecule has 0 aromatic heterocycles. The fourth-order valence-corrected chi connectivity index (χ4v) is 1.36. The van der Waals surface area contributed by atoms with E-state index in [1.807, 2.05) is 25.7 Å². The molecule has 0 aromatic rings.